The molecule has 0 atom stereocenters. The number of methoxy groups -OCH3 is 1. The Bertz CT molecular complexity index is 578. The van der Waals surface area contributed by atoms with E-state index in [0.717, 1.165) is 5.69 Å². The predicted octanol–water partition coefficient (Wildman–Crippen LogP) is 3.98. The van der Waals surface area contributed by atoms with Crippen molar-refractivity contribution >= 4 is 17.3 Å². The zero-order valence-electron chi connectivity index (χ0n) is 11.0. The molecule has 0 fully saturated rings. The smallest absolute Gasteiger partial charge is 0.161 e. The number of halogens is 2. The molecule has 0 amide bonds. The Kier molecular flexibility index (Phi) is 5.07. The molecule has 2 aromatic rings. The van der Waals surface area contributed by atoms with Crippen molar-refractivity contribution < 1.29 is 13.9 Å². The highest BCUT2D eigenvalue weighted by molar-refractivity contribution is 6.31. The molecule has 106 valence electrons. The van der Waals surface area contributed by atoms with Crippen LogP contribution in [-0.4, -0.2) is 20.3 Å². The third-order valence-corrected chi connectivity index (χ3v) is 2.97. The van der Waals surface area contributed by atoms with Gasteiger partial charge in [-0.25, -0.2) is 4.39 Å². The van der Waals surface area contributed by atoms with Crippen LogP contribution < -0.4 is 14.8 Å². The second kappa shape index (κ2) is 7.01. The first kappa shape index (κ1) is 14.5. The Hall–Kier alpha value is -1.94. The van der Waals surface area contributed by atoms with E-state index in [1.165, 1.54) is 6.07 Å². The summed E-state index contributed by atoms with van der Waals surface area (Å²) in [5, 5.41) is 3.20. The van der Waals surface area contributed by atoms with Gasteiger partial charge in [-0.15, -0.1) is 0 Å². The van der Waals surface area contributed by atoms with Crippen LogP contribution in [0, 0.1) is 5.82 Å². The van der Waals surface area contributed by atoms with Gasteiger partial charge in [0.2, 0.25) is 0 Å². The SMILES string of the molecule is COc1ccccc1OCCNc1ccc(F)c(Cl)c1. The lowest BCUT2D eigenvalue weighted by Gasteiger charge is -2.11. The highest BCUT2D eigenvalue weighted by Gasteiger charge is 2.03. The molecule has 0 radical (unpaired) electrons. The Morgan fingerprint density at radius 2 is 1.90 bits per heavy atom. The van der Waals surface area contributed by atoms with E-state index >= 15 is 0 Å². The number of rotatable bonds is 6. The van der Waals surface area contributed by atoms with Crippen molar-refractivity contribution in [3.63, 3.8) is 0 Å². The summed E-state index contributed by atoms with van der Waals surface area (Å²) in [5.41, 5.74) is 0.750. The summed E-state index contributed by atoms with van der Waals surface area (Å²) in [7, 11) is 1.60. The highest BCUT2D eigenvalue weighted by Crippen LogP contribution is 2.25. The maximum Gasteiger partial charge on any atom is 0.161 e. The van der Waals surface area contributed by atoms with Gasteiger partial charge in [0.05, 0.1) is 12.1 Å². The molecule has 0 heterocycles. The van der Waals surface area contributed by atoms with Crippen LogP contribution in [-0.2, 0) is 0 Å². The van der Waals surface area contributed by atoms with Crippen molar-refractivity contribution in [2.24, 2.45) is 0 Å². The van der Waals surface area contributed by atoms with Crippen molar-refractivity contribution in [2.45, 2.75) is 0 Å². The van der Waals surface area contributed by atoms with Gasteiger partial charge < -0.3 is 14.8 Å². The molecule has 0 spiro atoms. The molecule has 1 N–H and O–H groups in total. The molecule has 0 bridgehead atoms. The van der Waals surface area contributed by atoms with Crippen LogP contribution in [0.25, 0.3) is 0 Å². The molecule has 0 aromatic heterocycles. The molecule has 0 saturated carbocycles. The molecule has 2 aromatic carbocycles. The van der Waals surface area contributed by atoms with E-state index in [4.69, 9.17) is 21.1 Å². The van der Waals surface area contributed by atoms with Crippen LogP contribution in [0.15, 0.2) is 42.5 Å². The maximum absolute atomic E-state index is 13.0. The van der Waals surface area contributed by atoms with Gasteiger partial charge in [0.1, 0.15) is 12.4 Å². The Labute approximate surface area is 122 Å². The van der Waals surface area contributed by atoms with E-state index in [9.17, 15) is 4.39 Å². The minimum Gasteiger partial charge on any atom is -0.493 e. The predicted molar refractivity (Wildman–Crippen MR) is 78.4 cm³/mol. The van der Waals surface area contributed by atoms with E-state index < -0.39 is 5.82 Å². The molecule has 0 saturated heterocycles. The number of hydrogen-bond donors (Lipinski definition) is 1. The minimum absolute atomic E-state index is 0.0978. The van der Waals surface area contributed by atoms with Crippen LogP contribution >= 0.6 is 11.6 Å². The van der Waals surface area contributed by atoms with Crippen LogP contribution in [0.3, 0.4) is 0 Å². The molecule has 0 aliphatic rings. The topological polar surface area (TPSA) is 30.5 Å². The lowest BCUT2D eigenvalue weighted by atomic mass is 10.3. The van der Waals surface area contributed by atoms with Crippen LogP contribution in [0.5, 0.6) is 11.5 Å². The van der Waals surface area contributed by atoms with E-state index in [-0.39, 0.29) is 5.02 Å². The molecule has 3 nitrogen and oxygen atoms in total. The summed E-state index contributed by atoms with van der Waals surface area (Å²) >= 11 is 5.70. The zero-order valence-corrected chi connectivity index (χ0v) is 11.8. The van der Waals surface area contributed by atoms with Crippen molar-refractivity contribution in [3.8, 4) is 11.5 Å². The molecule has 0 aliphatic heterocycles. The number of benzene rings is 2. The third-order valence-electron chi connectivity index (χ3n) is 2.68. The molecule has 20 heavy (non-hydrogen) atoms. The standard InChI is InChI=1S/C15H15ClFNO2/c1-19-14-4-2-3-5-15(14)20-9-8-18-11-6-7-13(17)12(16)10-11/h2-7,10,18H,8-9H2,1H3. The number of ether oxygens (including phenoxy) is 2. The van der Waals surface area contributed by atoms with Gasteiger partial charge in [0.15, 0.2) is 11.5 Å². The van der Waals surface area contributed by atoms with Gasteiger partial charge >= 0.3 is 0 Å². The fourth-order valence-corrected chi connectivity index (χ4v) is 1.88. The fraction of sp³-hybridized carbons (Fsp3) is 0.200. The molecule has 0 aliphatic carbocycles. The average molecular weight is 296 g/mol. The molecule has 0 unspecified atom stereocenters. The van der Waals surface area contributed by atoms with Gasteiger partial charge in [0, 0.05) is 12.2 Å². The average Bonchev–Trinajstić information content (AvgIpc) is 2.47. The third kappa shape index (κ3) is 3.78. The lowest BCUT2D eigenvalue weighted by molar-refractivity contribution is 0.306. The van der Waals surface area contributed by atoms with Crippen LogP contribution in [0.2, 0.25) is 5.02 Å². The summed E-state index contributed by atoms with van der Waals surface area (Å²) < 4.78 is 23.8. The second-order valence-corrected chi connectivity index (χ2v) is 4.46. The van der Waals surface area contributed by atoms with Crippen LogP contribution in [0.1, 0.15) is 0 Å². The van der Waals surface area contributed by atoms with Gasteiger partial charge in [-0.3, -0.25) is 0 Å². The van der Waals surface area contributed by atoms with Crippen molar-refractivity contribution in [2.75, 3.05) is 25.6 Å². The van der Waals surface area contributed by atoms with Gasteiger partial charge in [0.25, 0.3) is 0 Å². The van der Waals surface area contributed by atoms with E-state index in [2.05, 4.69) is 5.32 Å². The summed E-state index contributed by atoms with van der Waals surface area (Å²) in [6, 6.07) is 11.9. The molecular formula is C15H15ClFNO2. The Morgan fingerprint density at radius 3 is 2.60 bits per heavy atom. The van der Waals surface area contributed by atoms with E-state index in [1.54, 1.807) is 19.2 Å². The van der Waals surface area contributed by atoms with Gasteiger partial charge in [-0.05, 0) is 30.3 Å². The molecular weight excluding hydrogens is 281 g/mol. The first-order valence-electron chi connectivity index (χ1n) is 6.15. The van der Waals surface area contributed by atoms with Crippen molar-refractivity contribution in [1.29, 1.82) is 0 Å². The lowest BCUT2D eigenvalue weighted by Crippen LogP contribution is -2.11. The number of anilines is 1. The first-order chi connectivity index (χ1) is 9.70. The summed E-state index contributed by atoms with van der Waals surface area (Å²) in [6.07, 6.45) is 0. The Morgan fingerprint density at radius 1 is 1.15 bits per heavy atom. The quantitative estimate of drug-likeness (QED) is 0.818. The number of para-hydroxylation sites is 2. The number of nitrogens with one attached hydrogen (secondary N) is 1. The van der Waals surface area contributed by atoms with E-state index in [1.807, 2.05) is 24.3 Å². The number of hydrogen-bond acceptors (Lipinski definition) is 3. The van der Waals surface area contributed by atoms with Gasteiger partial charge in [-0.2, -0.15) is 0 Å². The summed E-state index contributed by atoms with van der Waals surface area (Å²) in [6.45, 7) is 1.02. The monoisotopic (exact) mass is 295 g/mol. The van der Waals surface area contributed by atoms with E-state index in [0.29, 0.717) is 24.7 Å². The van der Waals surface area contributed by atoms with Crippen LogP contribution in [0.4, 0.5) is 10.1 Å². The summed E-state index contributed by atoms with van der Waals surface area (Å²) in [4.78, 5) is 0. The zero-order chi connectivity index (χ0) is 14.4. The summed E-state index contributed by atoms with van der Waals surface area (Å²) in [5.74, 6) is 0.953. The van der Waals surface area contributed by atoms with Gasteiger partial charge in [-0.1, -0.05) is 23.7 Å². The normalized spacial score (nSPS) is 10.2. The Balaban J connectivity index is 1.83. The van der Waals surface area contributed by atoms with Crippen molar-refractivity contribution in [3.05, 3.63) is 53.3 Å². The largest absolute Gasteiger partial charge is 0.493 e. The first-order valence-corrected chi connectivity index (χ1v) is 6.53. The molecule has 2 rings (SSSR count). The maximum atomic E-state index is 13.0. The highest BCUT2D eigenvalue weighted by atomic mass is 35.5. The van der Waals surface area contributed by atoms with Crippen molar-refractivity contribution in [1.82, 2.24) is 0 Å². The molecule has 5 heteroatoms. The fourth-order valence-electron chi connectivity index (χ4n) is 1.70. The second-order valence-electron chi connectivity index (χ2n) is 4.05. The minimum atomic E-state index is -0.428.